The van der Waals surface area contributed by atoms with Crippen LogP contribution in [0.15, 0.2) is 17.8 Å². The highest BCUT2D eigenvalue weighted by molar-refractivity contribution is 5.95. The molecule has 4 nitrogen and oxygen atoms in total. The van der Waals surface area contributed by atoms with Crippen LogP contribution in [0.3, 0.4) is 0 Å². The lowest BCUT2D eigenvalue weighted by molar-refractivity contribution is -0.138. The molecule has 1 rings (SSSR count). The summed E-state index contributed by atoms with van der Waals surface area (Å²) in [5.74, 6) is -5.74. The first-order valence-electron chi connectivity index (χ1n) is 5.35. The third-order valence-electron chi connectivity index (χ3n) is 2.23. The van der Waals surface area contributed by atoms with Gasteiger partial charge in [-0.1, -0.05) is 0 Å². The standard InChI is InChI=1S/C12H12F3NO3/c1-3-19-12(18)10(16-2)11(17)6-4-8(14)9(15)5-7(6)13/h4-5,16-17H,3H2,1-2H3/b11-10-. The van der Waals surface area contributed by atoms with E-state index in [-0.39, 0.29) is 12.7 Å². The number of benzene rings is 1. The zero-order valence-corrected chi connectivity index (χ0v) is 10.3. The van der Waals surface area contributed by atoms with Gasteiger partial charge in [-0.2, -0.15) is 0 Å². The molecule has 19 heavy (non-hydrogen) atoms. The first-order valence-corrected chi connectivity index (χ1v) is 5.35. The van der Waals surface area contributed by atoms with E-state index in [1.807, 2.05) is 0 Å². The van der Waals surface area contributed by atoms with E-state index < -0.39 is 40.4 Å². The fourth-order valence-corrected chi connectivity index (χ4v) is 1.36. The summed E-state index contributed by atoms with van der Waals surface area (Å²) in [6.07, 6.45) is 0. The molecule has 0 spiro atoms. The quantitative estimate of drug-likeness (QED) is 0.382. The molecule has 0 amide bonds. The summed E-state index contributed by atoms with van der Waals surface area (Å²) in [6.45, 7) is 1.58. The van der Waals surface area contributed by atoms with E-state index in [2.05, 4.69) is 10.1 Å². The highest BCUT2D eigenvalue weighted by atomic mass is 19.2. The minimum absolute atomic E-state index is 0.0392. The minimum Gasteiger partial charge on any atom is -0.505 e. The predicted octanol–water partition coefficient (Wildman–Crippen LogP) is 2.11. The van der Waals surface area contributed by atoms with Crippen molar-refractivity contribution in [1.29, 1.82) is 0 Å². The van der Waals surface area contributed by atoms with Crippen molar-refractivity contribution in [2.75, 3.05) is 13.7 Å². The summed E-state index contributed by atoms with van der Waals surface area (Å²) in [7, 11) is 1.29. The molecule has 0 saturated heterocycles. The van der Waals surface area contributed by atoms with Crippen LogP contribution < -0.4 is 5.32 Å². The van der Waals surface area contributed by atoms with Gasteiger partial charge in [-0.3, -0.25) is 0 Å². The van der Waals surface area contributed by atoms with Crippen LogP contribution in [0, 0.1) is 17.5 Å². The molecule has 0 aliphatic carbocycles. The summed E-state index contributed by atoms with van der Waals surface area (Å²) in [4.78, 5) is 11.5. The zero-order valence-electron chi connectivity index (χ0n) is 10.3. The molecule has 0 aromatic heterocycles. The van der Waals surface area contributed by atoms with Gasteiger partial charge < -0.3 is 15.2 Å². The number of likely N-dealkylation sites (N-methyl/N-ethyl adjacent to an activating group) is 1. The lowest BCUT2D eigenvalue weighted by atomic mass is 10.1. The Morgan fingerprint density at radius 2 is 1.84 bits per heavy atom. The predicted molar refractivity (Wildman–Crippen MR) is 61.6 cm³/mol. The number of aliphatic hydroxyl groups excluding tert-OH is 1. The normalized spacial score (nSPS) is 11.8. The van der Waals surface area contributed by atoms with Crippen LogP contribution in [0.2, 0.25) is 0 Å². The molecular formula is C12H12F3NO3. The summed E-state index contributed by atoms with van der Waals surface area (Å²) in [5, 5.41) is 12.1. The lowest BCUT2D eigenvalue weighted by Gasteiger charge is -2.10. The number of halogens is 3. The van der Waals surface area contributed by atoms with Gasteiger partial charge in [-0.05, 0) is 13.0 Å². The van der Waals surface area contributed by atoms with Crippen molar-refractivity contribution in [1.82, 2.24) is 5.32 Å². The number of hydrogen-bond acceptors (Lipinski definition) is 4. The molecule has 1 aromatic rings. The number of carbonyl (C=O) groups excluding carboxylic acids is 1. The number of nitrogens with one attached hydrogen (secondary N) is 1. The van der Waals surface area contributed by atoms with Crippen LogP contribution in [-0.2, 0) is 9.53 Å². The number of carbonyl (C=O) groups is 1. The Morgan fingerprint density at radius 1 is 1.26 bits per heavy atom. The Balaban J connectivity index is 3.33. The topological polar surface area (TPSA) is 58.6 Å². The largest absolute Gasteiger partial charge is 0.505 e. The van der Waals surface area contributed by atoms with Crippen LogP contribution in [0.4, 0.5) is 13.2 Å². The zero-order chi connectivity index (χ0) is 14.6. The van der Waals surface area contributed by atoms with E-state index in [1.54, 1.807) is 6.92 Å². The molecule has 2 N–H and O–H groups in total. The van der Waals surface area contributed by atoms with Crippen molar-refractivity contribution in [3.63, 3.8) is 0 Å². The van der Waals surface area contributed by atoms with E-state index in [9.17, 15) is 23.1 Å². The van der Waals surface area contributed by atoms with Crippen molar-refractivity contribution in [3.8, 4) is 0 Å². The van der Waals surface area contributed by atoms with Crippen molar-refractivity contribution in [2.45, 2.75) is 6.92 Å². The highest BCUT2D eigenvalue weighted by Gasteiger charge is 2.20. The Morgan fingerprint density at radius 3 is 2.37 bits per heavy atom. The van der Waals surface area contributed by atoms with Crippen molar-refractivity contribution in [3.05, 3.63) is 40.8 Å². The van der Waals surface area contributed by atoms with Crippen LogP contribution in [-0.4, -0.2) is 24.7 Å². The number of hydrogen-bond donors (Lipinski definition) is 2. The van der Waals surface area contributed by atoms with Crippen LogP contribution >= 0.6 is 0 Å². The van der Waals surface area contributed by atoms with Gasteiger partial charge in [-0.15, -0.1) is 0 Å². The van der Waals surface area contributed by atoms with E-state index in [0.29, 0.717) is 6.07 Å². The molecule has 0 aliphatic heterocycles. The van der Waals surface area contributed by atoms with Crippen LogP contribution in [0.5, 0.6) is 0 Å². The number of esters is 1. The molecule has 0 saturated carbocycles. The molecule has 0 atom stereocenters. The molecular weight excluding hydrogens is 263 g/mol. The highest BCUT2D eigenvalue weighted by Crippen LogP contribution is 2.22. The Labute approximate surface area is 107 Å². The molecule has 0 radical (unpaired) electrons. The molecule has 0 bridgehead atoms. The van der Waals surface area contributed by atoms with Crippen LogP contribution in [0.1, 0.15) is 12.5 Å². The SMILES string of the molecule is CCOC(=O)/C(NC)=C(/O)c1cc(F)c(F)cc1F. The molecule has 0 fully saturated rings. The fraction of sp³-hybridized carbons (Fsp3) is 0.250. The Kier molecular flexibility index (Phi) is 4.80. The first kappa shape index (κ1) is 14.9. The maximum atomic E-state index is 13.4. The maximum absolute atomic E-state index is 13.4. The average molecular weight is 275 g/mol. The Hall–Kier alpha value is -2.18. The molecule has 7 heteroatoms. The molecule has 0 unspecified atom stereocenters. The summed E-state index contributed by atoms with van der Waals surface area (Å²) in [6, 6.07) is 0.732. The van der Waals surface area contributed by atoms with E-state index in [0.717, 1.165) is 0 Å². The van der Waals surface area contributed by atoms with Crippen molar-refractivity contribution < 1.29 is 27.8 Å². The van der Waals surface area contributed by atoms with Gasteiger partial charge in [-0.25, -0.2) is 18.0 Å². The van der Waals surface area contributed by atoms with E-state index in [4.69, 9.17) is 0 Å². The molecule has 0 aliphatic rings. The van der Waals surface area contributed by atoms with Gasteiger partial charge in [0.25, 0.3) is 0 Å². The van der Waals surface area contributed by atoms with Gasteiger partial charge >= 0.3 is 5.97 Å². The summed E-state index contributed by atoms with van der Waals surface area (Å²) >= 11 is 0. The molecule has 104 valence electrons. The molecule has 0 heterocycles. The second kappa shape index (κ2) is 6.12. The summed E-state index contributed by atoms with van der Waals surface area (Å²) in [5.41, 5.74) is -1.09. The number of ether oxygens (including phenoxy) is 1. The van der Waals surface area contributed by atoms with Gasteiger partial charge in [0.2, 0.25) is 0 Å². The number of rotatable bonds is 4. The van der Waals surface area contributed by atoms with Crippen LogP contribution in [0.25, 0.3) is 5.76 Å². The van der Waals surface area contributed by atoms with Crippen molar-refractivity contribution >= 4 is 11.7 Å². The summed E-state index contributed by atoms with van der Waals surface area (Å²) < 4.78 is 43.9. The number of aliphatic hydroxyl groups is 1. The smallest absolute Gasteiger partial charge is 0.358 e. The third kappa shape index (κ3) is 3.18. The van der Waals surface area contributed by atoms with Gasteiger partial charge in [0, 0.05) is 13.1 Å². The van der Waals surface area contributed by atoms with E-state index in [1.165, 1.54) is 7.05 Å². The maximum Gasteiger partial charge on any atom is 0.358 e. The first-order chi connectivity index (χ1) is 8.92. The lowest BCUT2D eigenvalue weighted by Crippen LogP contribution is -2.21. The third-order valence-corrected chi connectivity index (χ3v) is 2.23. The minimum atomic E-state index is -1.39. The monoisotopic (exact) mass is 275 g/mol. The van der Waals surface area contributed by atoms with Gasteiger partial charge in [0.05, 0.1) is 12.2 Å². The van der Waals surface area contributed by atoms with Gasteiger partial charge in [0.15, 0.2) is 23.1 Å². The second-order valence-corrected chi connectivity index (χ2v) is 3.44. The molecule has 1 aromatic carbocycles. The fourth-order valence-electron chi connectivity index (χ4n) is 1.36. The Bertz CT molecular complexity index is 529. The average Bonchev–Trinajstić information content (AvgIpc) is 2.34. The van der Waals surface area contributed by atoms with Gasteiger partial charge in [0.1, 0.15) is 5.82 Å². The van der Waals surface area contributed by atoms with E-state index >= 15 is 0 Å². The second-order valence-electron chi connectivity index (χ2n) is 3.44. The van der Waals surface area contributed by atoms with Crippen molar-refractivity contribution in [2.24, 2.45) is 0 Å².